The maximum absolute atomic E-state index is 12.6. The lowest BCUT2D eigenvalue weighted by Gasteiger charge is -2.32. The standard InChI is InChI=1S/C16H24O2.C14H28O2.C13H24O2.C12H21F3O3.C10H17F3O2.2C9H15F3O2.C8H20Si/c1-7-16(5,6)14(17)18-13-10-8-12(9-11-13)15(2,3)4;1-6-9-10-12(7-2)11-16-13(15)14(4,5)8-3;1-5-12(3,4)11(14)15-13(6-2)9-7-8-10-13;1-6-10(3,4)9(16)18-8(2)7-11(5,17)12(13,14)15;1-6-9(5,10(11,12)13)7(14)15-8(2,3)4;2*1-5-8(3,4)7(13)14-6(2)9(10,11)12;1-6-8(2)7-9(3,4)5/h8-11H,7H2,1-6H3;12H,6-11H2,1-5H3;5-10H2,1-4H3;8,17H,6-7H2,1-5H3;6H2,1-5H3;2*6H,5H2,1-4H3;8H,6-7H2,1-5H3. The minimum Gasteiger partial charge on any atom is -0.465 e. The molecule has 706 valence electrons. The van der Waals surface area contributed by atoms with Gasteiger partial charge in [-0.15, -0.1) is 0 Å². The highest BCUT2D eigenvalue weighted by Gasteiger charge is 2.57. The maximum Gasteiger partial charge on any atom is 0.425 e. The van der Waals surface area contributed by atoms with E-state index in [-0.39, 0.29) is 46.2 Å². The monoisotopic (exact) mass is 1750 g/mol. The lowest BCUT2D eigenvalue weighted by atomic mass is 9.86. The third-order valence-electron chi connectivity index (χ3n) is 21.9. The fraction of sp³-hybridized carbons (Fsp3) is 0.857. The quantitative estimate of drug-likeness (QED) is 0.0241. The van der Waals surface area contributed by atoms with E-state index in [9.17, 15) is 91.4 Å². The van der Waals surface area contributed by atoms with Gasteiger partial charge in [0.25, 0.3) is 0 Å². The molecule has 7 atom stereocenters. The first-order valence-electron chi connectivity index (χ1n) is 42.6. The van der Waals surface area contributed by atoms with Crippen LogP contribution in [0.4, 0.5) is 52.7 Å². The number of hydrogen-bond acceptors (Lipinski definition) is 15. The molecule has 0 radical (unpaired) electrons. The van der Waals surface area contributed by atoms with Crippen molar-refractivity contribution < 1.29 is 125 Å². The summed E-state index contributed by atoms with van der Waals surface area (Å²) in [5.41, 5.74) is -8.51. The molecule has 2 rings (SSSR count). The summed E-state index contributed by atoms with van der Waals surface area (Å²) in [6, 6.07) is 9.25. The maximum atomic E-state index is 12.6. The molecule has 1 saturated carbocycles. The Morgan fingerprint density at radius 3 is 1.08 bits per heavy atom. The number of ether oxygens (including phenoxy) is 7. The Bertz CT molecular complexity index is 3010. The average molecular weight is 1750 g/mol. The summed E-state index contributed by atoms with van der Waals surface area (Å²) >= 11 is 0. The van der Waals surface area contributed by atoms with Crippen LogP contribution in [0.15, 0.2) is 24.3 Å². The van der Waals surface area contributed by atoms with Crippen molar-refractivity contribution in [2.45, 2.75) is 449 Å². The predicted molar refractivity (Wildman–Crippen MR) is 455 cm³/mol. The van der Waals surface area contributed by atoms with Gasteiger partial charge in [-0.1, -0.05) is 167 Å². The van der Waals surface area contributed by atoms with E-state index in [1.165, 1.54) is 84.8 Å². The van der Waals surface area contributed by atoms with Crippen LogP contribution in [-0.2, 0) is 67.4 Å². The van der Waals surface area contributed by atoms with Crippen molar-refractivity contribution in [3.05, 3.63) is 29.8 Å². The first kappa shape index (κ1) is 125. The Hall–Kier alpha value is -5.15. The van der Waals surface area contributed by atoms with Gasteiger partial charge in [-0.3, -0.25) is 33.6 Å². The van der Waals surface area contributed by atoms with E-state index < -0.39 is 120 Å². The molecule has 1 fully saturated rings. The van der Waals surface area contributed by atoms with Crippen molar-refractivity contribution in [1.29, 1.82) is 0 Å². The summed E-state index contributed by atoms with van der Waals surface area (Å²) in [6.45, 7) is 68.4. The minimum absolute atomic E-state index is 0.0197. The minimum atomic E-state index is -4.74. The van der Waals surface area contributed by atoms with Crippen LogP contribution in [0.2, 0.25) is 25.7 Å². The topological polar surface area (TPSA) is 204 Å². The van der Waals surface area contributed by atoms with Crippen LogP contribution in [0.1, 0.15) is 363 Å². The highest BCUT2D eigenvalue weighted by atomic mass is 28.3. The van der Waals surface area contributed by atoms with Crippen LogP contribution in [-0.4, -0.2) is 121 Å². The van der Waals surface area contributed by atoms with Gasteiger partial charge in [0, 0.05) is 14.5 Å². The molecule has 7 unspecified atom stereocenters. The van der Waals surface area contributed by atoms with Gasteiger partial charge >= 0.3 is 66.5 Å². The van der Waals surface area contributed by atoms with Gasteiger partial charge in [-0.2, -0.15) is 52.7 Å². The molecule has 0 heterocycles. The third-order valence-corrected chi connectivity index (χ3v) is 23.9. The summed E-state index contributed by atoms with van der Waals surface area (Å²) in [4.78, 5) is 81.2. The molecular formula is C91H164F12O15Si. The Labute approximate surface area is 712 Å². The van der Waals surface area contributed by atoms with E-state index in [1.807, 2.05) is 86.6 Å². The third kappa shape index (κ3) is 51.0. The zero-order valence-corrected chi connectivity index (χ0v) is 81.5. The first-order valence-corrected chi connectivity index (χ1v) is 46.3. The molecule has 0 saturated heterocycles. The van der Waals surface area contributed by atoms with Gasteiger partial charge < -0.3 is 38.3 Å². The number of halogens is 12. The molecule has 1 N–H and O–H groups in total. The molecule has 0 aliphatic heterocycles. The van der Waals surface area contributed by atoms with E-state index in [0.29, 0.717) is 44.5 Å². The second-order valence-electron chi connectivity index (χ2n) is 39.1. The Morgan fingerprint density at radius 2 is 0.807 bits per heavy atom. The van der Waals surface area contributed by atoms with Gasteiger partial charge in [-0.05, 0) is 257 Å². The number of carbonyl (C=O) groups excluding carboxylic acids is 7. The molecule has 1 aliphatic rings. The zero-order valence-electron chi connectivity index (χ0n) is 80.5. The fourth-order valence-corrected chi connectivity index (χ4v) is 11.6. The van der Waals surface area contributed by atoms with E-state index in [0.717, 1.165) is 71.6 Å². The summed E-state index contributed by atoms with van der Waals surface area (Å²) in [7, 11) is -0.741. The van der Waals surface area contributed by atoms with Gasteiger partial charge in [0.1, 0.15) is 23.1 Å². The van der Waals surface area contributed by atoms with Crippen molar-refractivity contribution in [3.63, 3.8) is 0 Å². The normalized spacial score (nSPS) is 15.9. The second kappa shape index (κ2) is 52.6. The predicted octanol–water partition coefficient (Wildman–Crippen LogP) is 27.8. The molecule has 0 bridgehead atoms. The molecule has 1 aromatic carbocycles. The Kier molecular flexibility index (Phi) is 55.1. The summed E-state index contributed by atoms with van der Waals surface area (Å²) in [5.74, 6) is -1.54. The highest BCUT2D eigenvalue weighted by molar-refractivity contribution is 6.76. The second-order valence-corrected chi connectivity index (χ2v) is 44.6. The van der Waals surface area contributed by atoms with Gasteiger partial charge in [0.15, 0.2) is 23.2 Å². The number of esters is 7. The molecule has 15 nitrogen and oxygen atoms in total. The first-order chi connectivity index (χ1) is 53.0. The van der Waals surface area contributed by atoms with E-state index in [1.54, 1.807) is 62.3 Å². The van der Waals surface area contributed by atoms with Crippen molar-refractivity contribution in [3.8, 4) is 5.75 Å². The van der Waals surface area contributed by atoms with Crippen molar-refractivity contribution in [2.75, 3.05) is 6.61 Å². The summed E-state index contributed by atoms with van der Waals surface area (Å²) in [5, 5.41) is 9.28. The van der Waals surface area contributed by atoms with Crippen LogP contribution >= 0.6 is 0 Å². The summed E-state index contributed by atoms with van der Waals surface area (Å²) in [6.07, 6.45) is -9.01. The number of aliphatic hydroxyl groups is 1. The molecule has 1 aliphatic carbocycles. The molecule has 0 aromatic heterocycles. The van der Waals surface area contributed by atoms with Crippen LogP contribution in [0.25, 0.3) is 0 Å². The smallest absolute Gasteiger partial charge is 0.425 e. The highest BCUT2D eigenvalue weighted by Crippen LogP contribution is 2.44. The summed E-state index contributed by atoms with van der Waals surface area (Å²) < 4.78 is 182. The van der Waals surface area contributed by atoms with Crippen LogP contribution < -0.4 is 4.74 Å². The van der Waals surface area contributed by atoms with Crippen LogP contribution in [0, 0.1) is 49.7 Å². The number of carbonyl (C=O) groups is 7. The molecule has 0 spiro atoms. The lowest BCUT2D eigenvalue weighted by molar-refractivity contribution is -0.261. The number of unbranched alkanes of at least 4 members (excludes halogenated alkanes) is 1. The van der Waals surface area contributed by atoms with Gasteiger partial charge in [0.05, 0.1) is 39.1 Å². The van der Waals surface area contributed by atoms with E-state index in [4.69, 9.17) is 23.7 Å². The van der Waals surface area contributed by atoms with Crippen molar-refractivity contribution >= 4 is 49.9 Å². The van der Waals surface area contributed by atoms with E-state index >= 15 is 0 Å². The fourth-order valence-electron chi connectivity index (χ4n) is 9.18. The molecule has 1 aromatic rings. The largest absolute Gasteiger partial charge is 0.465 e. The zero-order chi connectivity index (χ0) is 96.0. The van der Waals surface area contributed by atoms with Gasteiger partial charge in [0.2, 0.25) is 0 Å². The molecular weight excluding hydrogens is 1590 g/mol. The lowest BCUT2D eigenvalue weighted by Crippen LogP contribution is -2.45. The van der Waals surface area contributed by atoms with E-state index in [2.05, 4.69) is 84.5 Å². The van der Waals surface area contributed by atoms with Crippen LogP contribution in [0.3, 0.4) is 0 Å². The Balaban J connectivity index is -0.000000308. The average Bonchev–Trinajstić information content (AvgIpc) is 1.04. The number of alkyl halides is 12. The number of hydrogen-bond donors (Lipinski definition) is 1. The SMILES string of the molecule is CCC(C)(C(=O)OC(C)(C)C)C(F)(F)F.CCC(C)(C)C(=O)OC(C)C(F)(F)F.CCC(C)(C)C(=O)OC(C)C(F)(F)F.CCC(C)(C)C(=O)OC(C)CC(C)(O)C(F)(F)F.CCC(C)(C)C(=O)Oc1ccc(C(C)(C)C)cc1.CCC(C)C[Si](C)(C)C.CCC1(OC(=O)C(C)(C)CC)CCCC1.CCCCC(CC)COC(=O)C(C)(C)CC. The molecule has 28 heteroatoms. The number of rotatable bonds is 31. The van der Waals surface area contributed by atoms with Crippen LogP contribution in [0.5, 0.6) is 5.75 Å². The Morgan fingerprint density at radius 1 is 0.454 bits per heavy atom. The van der Waals surface area contributed by atoms with Gasteiger partial charge in [-0.25, -0.2) is 0 Å². The van der Waals surface area contributed by atoms with Crippen molar-refractivity contribution in [1.82, 2.24) is 0 Å². The van der Waals surface area contributed by atoms with Crippen molar-refractivity contribution in [2.24, 2.45) is 49.7 Å². The molecule has 119 heavy (non-hydrogen) atoms. The number of benzene rings is 1. The molecule has 0 amide bonds.